The lowest BCUT2D eigenvalue weighted by molar-refractivity contribution is 0.813. The zero-order chi connectivity index (χ0) is 16.4. The van der Waals surface area contributed by atoms with Crippen LogP contribution in [0.1, 0.15) is 0 Å². The van der Waals surface area contributed by atoms with Gasteiger partial charge in [0.2, 0.25) is 0 Å². The first-order chi connectivity index (χ1) is 12.4. The van der Waals surface area contributed by atoms with Crippen LogP contribution in [0.5, 0.6) is 0 Å². The van der Waals surface area contributed by atoms with Gasteiger partial charge in [0, 0.05) is 5.39 Å². The van der Waals surface area contributed by atoms with Crippen molar-refractivity contribution in [3.63, 3.8) is 0 Å². The molecular formula is C16H8N8S. The third kappa shape index (κ3) is 1.64. The summed E-state index contributed by atoms with van der Waals surface area (Å²) in [4.78, 5) is 4.70. The summed E-state index contributed by atoms with van der Waals surface area (Å²) in [6.07, 6.45) is 0. The summed E-state index contributed by atoms with van der Waals surface area (Å²) in [6.45, 7) is 0. The largest absolute Gasteiger partial charge is 0.234 e. The molecule has 0 aliphatic rings. The van der Waals surface area contributed by atoms with Crippen molar-refractivity contribution in [2.45, 2.75) is 0 Å². The van der Waals surface area contributed by atoms with Crippen molar-refractivity contribution in [3.05, 3.63) is 48.5 Å². The van der Waals surface area contributed by atoms with Crippen LogP contribution in [-0.4, -0.2) is 39.9 Å². The molecule has 0 aliphatic carbocycles. The molecule has 0 atom stereocenters. The molecule has 0 saturated heterocycles. The highest BCUT2D eigenvalue weighted by molar-refractivity contribution is 7.21. The molecule has 0 amide bonds. The van der Waals surface area contributed by atoms with E-state index in [0.29, 0.717) is 17.0 Å². The van der Waals surface area contributed by atoms with E-state index in [2.05, 4.69) is 25.8 Å². The summed E-state index contributed by atoms with van der Waals surface area (Å²) in [5.41, 5.74) is 3.90. The Bertz CT molecular complexity index is 1380. The maximum Gasteiger partial charge on any atom is 0.192 e. The normalized spacial score (nSPS) is 12.0. The van der Waals surface area contributed by atoms with Gasteiger partial charge in [0.1, 0.15) is 5.01 Å². The average molecular weight is 344 g/mol. The van der Waals surface area contributed by atoms with Crippen molar-refractivity contribution in [2.24, 2.45) is 0 Å². The summed E-state index contributed by atoms with van der Waals surface area (Å²) in [5.74, 6) is 0. The van der Waals surface area contributed by atoms with Crippen molar-refractivity contribution in [1.29, 1.82) is 0 Å². The summed E-state index contributed by atoms with van der Waals surface area (Å²) >= 11 is 1.58. The molecule has 0 bridgehead atoms. The number of tetrazole rings is 1. The molecule has 0 aliphatic heterocycles. The first-order valence-corrected chi connectivity index (χ1v) is 8.42. The Labute approximate surface area is 143 Å². The predicted molar refractivity (Wildman–Crippen MR) is 93.4 cm³/mol. The van der Waals surface area contributed by atoms with Crippen LogP contribution in [0.25, 0.3) is 43.1 Å². The molecule has 0 spiro atoms. The lowest BCUT2D eigenvalue weighted by Gasteiger charge is -2.02. The van der Waals surface area contributed by atoms with E-state index in [0.717, 1.165) is 26.1 Å². The van der Waals surface area contributed by atoms with Crippen molar-refractivity contribution in [2.75, 3.05) is 0 Å². The van der Waals surface area contributed by atoms with Gasteiger partial charge in [0.15, 0.2) is 17.0 Å². The minimum Gasteiger partial charge on any atom is -0.234 e. The highest BCUT2D eigenvalue weighted by Gasteiger charge is 2.20. The van der Waals surface area contributed by atoms with E-state index >= 15 is 0 Å². The molecule has 0 saturated carbocycles. The maximum absolute atomic E-state index is 4.70. The molecule has 0 fully saturated rings. The van der Waals surface area contributed by atoms with Gasteiger partial charge in [-0.15, -0.1) is 21.5 Å². The zero-order valence-corrected chi connectivity index (χ0v) is 13.4. The summed E-state index contributed by atoms with van der Waals surface area (Å²) < 4.78 is 4.54. The first-order valence-electron chi connectivity index (χ1n) is 7.60. The van der Waals surface area contributed by atoms with E-state index < -0.39 is 0 Å². The van der Waals surface area contributed by atoms with E-state index in [9.17, 15) is 0 Å². The van der Waals surface area contributed by atoms with Crippen molar-refractivity contribution >= 4 is 43.8 Å². The number of rotatable bonds is 1. The summed E-state index contributed by atoms with van der Waals surface area (Å²) in [5, 5.41) is 22.6. The van der Waals surface area contributed by atoms with Crippen LogP contribution < -0.4 is 0 Å². The first kappa shape index (κ1) is 12.9. The minimum absolute atomic E-state index is 0.671. The summed E-state index contributed by atoms with van der Waals surface area (Å²) in [7, 11) is 0. The highest BCUT2D eigenvalue weighted by atomic mass is 32.1. The van der Waals surface area contributed by atoms with Gasteiger partial charge in [-0.2, -0.15) is 9.03 Å². The molecule has 4 heterocycles. The number of hydrogen-bond acceptors (Lipinski definition) is 7. The number of nitrogens with zero attached hydrogens (tertiary/aromatic N) is 8. The van der Waals surface area contributed by atoms with Crippen LogP contribution in [0.15, 0.2) is 48.5 Å². The molecule has 25 heavy (non-hydrogen) atoms. The third-order valence-electron chi connectivity index (χ3n) is 4.19. The fourth-order valence-corrected chi connectivity index (χ4v) is 4.03. The number of para-hydroxylation sites is 2. The van der Waals surface area contributed by atoms with Gasteiger partial charge in [-0.3, -0.25) is 0 Å². The van der Waals surface area contributed by atoms with Crippen molar-refractivity contribution < 1.29 is 0 Å². The third-order valence-corrected chi connectivity index (χ3v) is 5.23. The fourth-order valence-electron chi connectivity index (χ4n) is 3.09. The van der Waals surface area contributed by atoms with Gasteiger partial charge in [0.05, 0.1) is 15.7 Å². The molecule has 6 rings (SSSR count). The van der Waals surface area contributed by atoms with Gasteiger partial charge in [-0.1, -0.05) is 29.5 Å². The Morgan fingerprint density at radius 2 is 1.72 bits per heavy atom. The molecule has 0 N–H and O–H groups in total. The van der Waals surface area contributed by atoms with E-state index in [1.807, 2.05) is 48.5 Å². The monoisotopic (exact) mass is 344 g/mol. The maximum atomic E-state index is 4.70. The van der Waals surface area contributed by atoms with Gasteiger partial charge in [-0.25, -0.2) is 4.98 Å². The van der Waals surface area contributed by atoms with E-state index in [1.165, 1.54) is 0 Å². The molecule has 9 heteroatoms. The van der Waals surface area contributed by atoms with Gasteiger partial charge < -0.3 is 0 Å². The Morgan fingerprint density at radius 3 is 2.68 bits per heavy atom. The molecule has 4 aromatic heterocycles. The molecule has 118 valence electrons. The second kappa shape index (κ2) is 4.54. The lowest BCUT2D eigenvalue weighted by Crippen LogP contribution is -2.00. The van der Waals surface area contributed by atoms with E-state index in [4.69, 9.17) is 4.98 Å². The number of aromatic nitrogens is 8. The minimum atomic E-state index is 0.671. The van der Waals surface area contributed by atoms with Gasteiger partial charge >= 0.3 is 0 Å². The molecular weight excluding hydrogens is 336 g/mol. The molecule has 8 nitrogen and oxygen atoms in total. The Hall–Kier alpha value is -3.46. The topological polar surface area (TPSA) is 86.2 Å². The summed E-state index contributed by atoms with van der Waals surface area (Å²) in [6, 6.07) is 15.9. The Balaban J connectivity index is 1.80. The van der Waals surface area contributed by atoms with Gasteiger partial charge in [-0.05, 0) is 34.7 Å². The molecule has 0 radical (unpaired) electrons. The van der Waals surface area contributed by atoms with Crippen LogP contribution in [0.3, 0.4) is 0 Å². The molecule has 6 aromatic rings. The van der Waals surface area contributed by atoms with E-state index in [1.54, 1.807) is 20.4 Å². The number of hydrogen-bond donors (Lipinski definition) is 0. The van der Waals surface area contributed by atoms with Crippen LogP contribution >= 0.6 is 11.3 Å². The molecule has 2 aromatic carbocycles. The number of thiazole rings is 1. The predicted octanol–water partition coefficient (Wildman–Crippen LogP) is 2.60. The van der Waals surface area contributed by atoms with Gasteiger partial charge in [0.25, 0.3) is 0 Å². The fraction of sp³-hybridized carbons (Fsp3) is 0. The van der Waals surface area contributed by atoms with Crippen LogP contribution in [-0.2, 0) is 0 Å². The lowest BCUT2D eigenvalue weighted by atomic mass is 10.2. The van der Waals surface area contributed by atoms with E-state index in [-0.39, 0.29) is 0 Å². The van der Waals surface area contributed by atoms with Crippen molar-refractivity contribution in [1.82, 2.24) is 39.9 Å². The van der Waals surface area contributed by atoms with Crippen LogP contribution in [0.2, 0.25) is 0 Å². The highest BCUT2D eigenvalue weighted by Crippen LogP contribution is 2.32. The Kier molecular flexibility index (Phi) is 2.35. The molecule has 0 unspecified atom stereocenters. The Morgan fingerprint density at radius 1 is 0.840 bits per heavy atom. The number of fused-ring (bicyclic) bond motifs is 7. The zero-order valence-electron chi connectivity index (χ0n) is 12.6. The quantitative estimate of drug-likeness (QED) is 0.456. The standard InChI is InChI=1S/C16H8N8S/c1-3-7-11-9(5-1)14-19-20-22-24(14)16-13(18-21-23(11)16)15-17-10-6-2-4-8-12(10)25-15/h1-8H. The van der Waals surface area contributed by atoms with Crippen LogP contribution in [0, 0.1) is 0 Å². The van der Waals surface area contributed by atoms with Crippen molar-refractivity contribution in [3.8, 4) is 10.7 Å². The van der Waals surface area contributed by atoms with Crippen LogP contribution in [0.4, 0.5) is 0 Å². The second-order valence-corrected chi connectivity index (χ2v) is 6.62. The second-order valence-electron chi connectivity index (χ2n) is 5.59. The smallest absolute Gasteiger partial charge is 0.192 e. The number of benzene rings is 2. The SMILES string of the molecule is c1ccc2sc(-c3nnn4c5ccccc5c5nnnn5c34)nc2c1. The average Bonchev–Trinajstić information content (AvgIpc) is 3.37.